The number of hydrogen-bond donors (Lipinski definition) is 1. The van der Waals surface area contributed by atoms with Crippen LogP contribution in [0.3, 0.4) is 0 Å². The highest BCUT2D eigenvalue weighted by molar-refractivity contribution is 5.72. The highest BCUT2D eigenvalue weighted by atomic mass is 19.4. The molecule has 1 N–H and O–H groups in total. The van der Waals surface area contributed by atoms with Gasteiger partial charge in [0.15, 0.2) is 6.10 Å². The highest BCUT2D eigenvalue weighted by Gasteiger charge is 2.26. The number of carboxylic acids is 1. The maximum atomic E-state index is 12.3. The van der Waals surface area contributed by atoms with Gasteiger partial charge in [-0.05, 0) is 51.3 Å². The lowest BCUT2D eigenvalue weighted by molar-refractivity contribution is -0.150. The molecule has 1 unspecified atom stereocenters. The Morgan fingerprint density at radius 2 is 1.73 bits per heavy atom. The highest BCUT2D eigenvalue weighted by Crippen LogP contribution is 2.22. The predicted octanol–water partition coefficient (Wildman–Crippen LogP) is 5.07. The fourth-order valence-corrected chi connectivity index (χ4v) is 3.00. The number of alkyl halides is 3. The Morgan fingerprint density at radius 1 is 1.06 bits per heavy atom. The molecule has 1 amide bonds. The van der Waals surface area contributed by atoms with Gasteiger partial charge >= 0.3 is 18.2 Å². The fraction of sp³-hybridized carbons (Fsp3) is 0.652. The lowest BCUT2D eigenvalue weighted by Crippen LogP contribution is -2.37. The molecule has 0 bridgehead atoms. The summed E-state index contributed by atoms with van der Waals surface area (Å²) in [6, 6.07) is 6.90. The van der Waals surface area contributed by atoms with Gasteiger partial charge in [-0.1, -0.05) is 18.6 Å². The molecule has 1 aromatic rings. The maximum Gasteiger partial charge on any atom is 0.410 e. The minimum absolute atomic E-state index is 0.0193. The van der Waals surface area contributed by atoms with Crippen LogP contribution in [0.1, 0.15) is 52.0 Å². The van der Waals surface area contributed by atoms with Gasteiger partial charge in [-0.25, -0.2) is 9.59 Å². The summed E-state index contributed by atoms with van der Waals surface area (Å²) >= 11 is 0. The van der Waals surface area contributed by atoms with Crippen LogP contribution in [-0.2, 0) is 20.7 Å². The van der Waals surface area contributed by atoms with Crippen LogP contribution in [0.4, 0.5) is 18.0 Å². The number of halogens is 3. The summed E-state index contributed by atoms with van der Waals surface area (Å²) in [7, 11) is 0. The van der Waals surface area contributed by atoms with Gasteiger partial charge in [0.25, 0.3) is 0 Å². The molecule has 33 heavy (non-hydrogen) atoms. The smallest absolute Gasteiger partial charge is 0.410 e. The monoisotopic (exact) mass is 477 g/mol. The van der Waals surface area contributed by atoms with Gasteiger partial charge in [-0.15, -0.1) is 0 Å². The van der Waals surface area contributed by atoms with Crippen LogP contribution in [0.25, 0.3) is 0 Å². The Morgan fingerprint density at radius 3 is 2.27 bits per heavy atom. The fourth-order valence-electron chi connectivity index (χ4n) is 3.00. The predicted molar refractivity (Wildman–Crippen MR) is 116 cm³/mol. The normalized spacial score (nSPS) is 12.5. The second kappa shape index (κ2) is 14.6. The molecule has 0 fully saturated rings. The zero-order chi connectivity index (χ0) is 24.9. The zero-order valence-corrected chi connectivity index (χ0v) is 19.4. The van der Waals surface area contributed by atoms with Crippen molar-refractivity contribution in [2.24, 2.45) is 0 Å². The maximum absolute atomic E-state index is 12.3. The summed E-state index contributed by atoms with van der Waals surface area (Å²) in [5.41, 5.74) is 0.782. The summed E-state index contributed by atoms with van der Waals surface area (Å²) in [6.07, 6.45) is -5.73. The molecular weight excluding hydrogens is 443 g/mol. The van der Waals surface area contributed by atoms with Crippen LogP contribution >= 0.6 is 0 Å². The number of unbranched alkanes of at least 4 members (excludes halogenated alkanes) is 2. The lowest BCUT2D eigenvalue weighted by Gasteiger charge is -2.23. The van der Waals surface area contributed by atoms with Crippen molar-refractivity contribution in [1.82, 2.24) is 4.90 Å². The molecule has 0 aliphatic heterocycles. The zero-order valence-electron chi connectivity index (χ0n) is 19.4. The van der Waals surface area contributed by atoms with Crippen molar-refractivity contribution in [3.63, 3.8) is 0 Å². The number of nitrogens with zero attached hydrogens (tertiary/aromatic N) is 1. The van der Waals surface area contributed by atoms with Crippen LogP contribution in [0, 0.1) is 0 Å². The number of rotatable bonds is 15. The van der Waals surface area contributed by atoms with Gasteiger partial charge in [-0.3, -0.25) is 0 Å². The molecule has 188 valence electrons. The van der Waals surface area contributed by atoms with Gasteiger partial charge in [0.2, 0.25) is 0 Å². The lowest BCUT2D eigenvalue weighted by atomic mass is 10.1. The van der Waals surface area contributed by atoms with Crippen molar-refractivity contribution >= 4 is 12.1 Å². The molecule has 0 aromatic heterocycles. The third kappa shape index (κ3) is 13.0. The number of carboxylic acid groups (broad SMARTS) is 1. The molecule has 0 spiro atoms. The van der Waals surface area contributed by atoms with E-state index in [0.29, 0.717) is 25.2 Å². The largest absolute Gasteiger partial charge is 0.492 e. The van der Waals surface area contributed by atoms with E-state index in [1.165, 1.54) is 4.90 Å². The first-order valence-electron chi connectivity index (χ1n) is 11.1. The van der Waals surface area contributed by atoms with Crippen LogP contribution in [0.5, 0.6) is 5.75 Å². The van der Waals surface area contributed by atoms with Crippen molar-refractivity contribution in [2.75, 3.05) is 26.3 Å². The van der Waals surface area contributed by atoms with Gasteiger partial charge < -0.3 is 24.2 Å². The SMILES string of the molecule is CCOC(Cc1ccc(OCCN(CCCCCC(F)(F)F)C(=O)OC(C)C)cc1)C(=O)O. The Hall–Kier alpha value is -2.49. The van der Waals surface area contributed by atoms with E-state index in [4.69, 9.17) is 14.2 Å². The molecule has 10 heteroatoms. The van der Waals surface area contributed by atoms with E-state index >= 15 is 0 Å². The Kier molecular flexibility index (Phi) is 12.6. The summed E-state index contributed by atoms with van der Waals surface area (Å²) in [6.45, 7) is 6.14. The molecule has 0 heterocycles. The van der Waals surface area contributed by atoms with E-state index in [0.717, 1.165) is 5.56 Å². The molecule has 1 atom stereocenters. The number of carbonyl (C=O) groups excluding carboxylic acids is 1. The second-order valence-corrected chi connectivity index (χ2v) is 7.82. The van der Waals surface area contributed by atoms with Crippen LogP contribution in [0.2, 0.25) is 0 Å². The first-order valence-corrected chi connectivity index (χ1v) is 11.1. The molecule has 0 aliphatic carbocycles. The molecule has 0 saturated carbocycles. The number of benzene rings is 1. The Bertz CT molecular complexity index is 709. The van der Waals surface area contributed by atoms with Crippen molar-refractivity contribution in [3.05, 3.63) is 29.8 Å². The summed E-state index contributed by atoms with van der Waals surface area (Å²) in [5.74, 6) is -0.478. The second-order valence-electron chi connectivity index (χ2n) is 7.82. The van der Waals surface area contributed by atoms with E-state index in [1.54, 1.807) is 45.0 Å². The minimum Gasteiger partial charge on any atom is -0.492 e. The van der Waals surface area contributed by atoms with Crippen molar-refractivity contribution in [1.29, 1.82) is 0 Å². The van der Waals surface area contributed by atoms with Crippen molar-refractivity contribution in [2.45, 2.75) is 71.3 Å². The number of carbonyl (C=O) groups is 2. The van der Waals surface area contributed by atoms with Gasteiger partial charge in [0, 0.05) is 26.0 Å². The quantitative estimate of drug-likeness (QED) is 0.355. The number of aliphatic carboxylic acids is 1. The van der Waals surface area contributed by atoms with Crippen molar-refractivity contribution < 1.29 is 42.1 Å². The molecule has 0 saturated heterocycles. The average molecular weight is 478 g/mol. The minimum atomic E-state index is -4.17. The Balaban J connectivity index is 2.53. The number of hydrogen-bond acceptors (Lipinski definition) is 5. The summed E-state index contributed by atoms with van der Waals surface area (Å²) in [4.78, 5) is 24.9. The van der Waals surface area contributed by atoms with E-state index in [-0.39, 0.29) is 38.6 Å². The van der Waals surface area contributed by atoms with Crippen LogP contribution in [0.15, 0.2) is 24.3 Å². The number of ether oxygens (including phenoxy) is 3. The molecule has 0 aliphatic rings. The standard InChI is InChI=1S/C23H34F3NO6/c1-4-31-20(21(28)29)16-18-8-10-19(11-9-18)32-15-14-27(22(30)33-17(2)3)13-7-5-6-12-23(24,25)26/h8-11,17,20H,4-7,12-16H2,1-3H3,(H,28,29). The summed E-state index contributed by atoms with van der Waals surface area (Å²) < 4.78 is 52.9. The Labute approximate surface area is 192 Å². The van der Waals surface area contributed by atoms with Crippen LogP contribution < -0.4 is 4.74 Å². The topological polar surface area (TPSA) is 85.3 Å². The van der Waals surface area contributed by atoms with Gasteiger partial charge in [0.1, 0.15) is 12.4 Å². The molecule has 7 nitrogen and oxygen atoms in total. The van der Waals surface area contributed by atoms with Crippen LogP contribution in [-0.4, -0.2) is 66.8 Å². The molecular formula is C23H34F3NO6. The molecule has 0 radical (unpaired) electrons. The van der Waals surface area contributed by atoms with Gasteiger partial charge in [0.05, 0.1) is 12.6 Å². The van der Waals surface area contributed by atoms with E-state index in [9.17, 15) is 27.9 Å². The third-order valence-corrected chi connectivity index (χ3v) is 4.60. The molecule has 1 aromatic carbocycles. The van der Waals surface area contributed by atoms with Crippen molar-refractivity contribution in [3.8, 4) is 5.75 Å². The van der Waals surface area contributed by atoms with E-state index in [1.807, 2.05) is 0 Å². The summed E-state index contributed by atoms with van der Waals surface area (Å²) in [5, 5.41) is 9.17. The number of amides is 1. The first-order chi connectivity index (χ1) is 15.5. The first kappa shape index (κ1) is 28.5. The average Bonchev–Trinajstić information content (AvgIpc) is 2.71. The van der Waals surface area contributed by atoms with Gasteiger partial charge in [-0.2, -0.15) is 13.2 Å². The third-order valence-electron chi connectivity index (χ3n) is 4.60. The molecule has 1 rings (SSSR count). The van der Waals surface area contributed by atoms with E-state index in [2.05, 4.69) is 0 Å². The van der Waals surface area contributed by atoms with E-state index < -0.39 is 30.8 Å².